The summed E-state index contributed by atoms with van der Waals surface area (Å²) in [5, 5.41) is 7.82. The van der Waals surface area contributed by atoms with E-state index in [0.717, 1.165) is 4.68 Å². The Labute approximate surface area is 143 Å². The second-order valence-corrected chi connectivity index (χ2v) is 5.38. The fraction of sp³-hybridized carbons (Fsp3) is 0.167. The molecule has 0 saturated carbocycles. The summed E-state index contributed by atoms with van der Waals surface area (Å²) in [6.07, 6.45) is 0. The van der Waals surface area contributed by atoms with Crippen molar-refractivity contribution in [2.45, 2.75) is 0 Å². The lowest BCUT2D eigenvalue weighted by Gasteiger charge is -2.11. The molecule has 0 atom stereocenters. The molecule has 0 aliphatic heterocycles. The van der Waals surface area contributed by atoms with Gasteiger partial charge in [0.15, 0.2) is 5.69 Å². The molecule has 7 nitrogen and oxygen atoms in total. The molecular formula is C18H17N3O4. The van der Waals surface area contributed by atoms with Gasteiger partial charge < -0.3 is 14.8 Å². The van der Waals surface area contributed by atoms with E-state index in [9.17, 15) is 9.59 Å². The van der Waals surface area contributed by atoms with E-state index in [1.165, 1.54) is 21.3 Å². The Bertz CT molecular complexity index is 989. The van der Waals surface area contributed by atoms with Gasteiger partial charge in [-0.05, 0) is 6.07 Å². The van der Waals surface area contributed by atoms with Crippen molar-refractivity contribution in [1.29, 1.82) is 0 Å². The molecule has 0 unspecified atom stereocenters. The first kappa shape index (κ1) is 16.5. The Morgan fingerprint density at radius 2 is 1.64 bits per heavy atom. The number of nitrogens with zero attached hydrogens (tertiary/aromatic N) is 2. The van der Waals surface area contributed by atoms with E-state index in [4.69, 9.17) is 9.47 Å². The summed E-state index contributed by atoms with van der Waals surface area (Å²) < 4.78 is 11.6. The van der Waals surface area contributed by atoms with Gasteiger partial charge in [0.2, 0.25) is 0 Å². The fourth-order valence-corrected chi connectivity index (χ4v) is 2.54. The number of carbonyl (C=O) groups is 1. The van der Waals surface area contributed by atoms with Gasteiger partial charge in [0.05, 0.1) is 19.6 Å². The van der Waals surface area contributed by atoms with Crippen molar-refractivity contribution in [3.05, 3.63) is 58.5 Å². The van der Waals surface area contributed by atoms with E-state index >= 15 is 0 Å². The smallest absolute Gasteiger partial charge is 0.276 e. The molecule has 0 radical (unpaired) electrons. The van der Waals surface area contributed by atoms with Gasteiger partial charge in [-0.25, -0.2) is 4.68 Å². The first-order valence-electron chi connectivity index (χ1n) is 7.54. The van der Waals surface area contributed by atoms with Crippen LogP contribution in [0.2, 0.25) is 0 Å². The van der Waals surface area contributed by atoms with Crippen LogP contribution in [0.3, 0.4) is 0 Å². The zero-order chi connectivity index (χ0) is 18.0. The first-order valence-corrected chi connectivity index (χ1v) is 7.54. The summed E-state index contributed by atoms with van der Waals surface area (Å²) >= 11 is 0. The number of nitrogens with one attached hydrogen (secondary N) is 1. The molecule has 1 amide bonds. The Balaban J connectivity index is 2.04. The highest BCUT2D eigenvalue weighted by atomic mass is 16.5. The molecule has 3 rings (SSSR count). The topological polar surface area (TPSA) is 82.5 Å². The van der Waals surface area contributed by atoms with Crippen LogP contribution in [0.4, 0.5) is 5.69 Å². The summed E-state index contributed by atoms with van der Waals surface area (Å²) in [5.74, 6) is 0.669. The molecule has 7 heteroatoms. The number of ether oxygens (including phenoxy) is 2. The predicted octanol–water partition coefficient (Wildman–Crippen LogP) is 2.20. The zero-order valence-corrected chi connectivity index (χ0v) is 14.1. The maximum absolute atomic E-state index is 12.7. The van der Waals surface area contributed by atoms with Gasteiger partial charge in [-0.15, -0.1) is 0 Å². The van der Waals surface area contributed by atoms with Crippen LogP contribution in [0, 0.1) is 0 Å². The molecule has 0 aliphatic rings. The summed E-state index contributed by atoms with van der Waals surface area (Å²) in [4.78, 5) is 24.9. The molecule has 1 heterocycles. The number of anilines is 1. The molecule has 1 aromatic heterocycles. The molecule has 128 valence electrons. The third-order valence-electron chi connectivity index (χ3n) is 3.78. The number of methoxy groups -OCH3 is 2. The number of hydrogen-bond donors (Lipinski definition) is 1. The summed E-state index contributed by atoms with van der Waals surface area (Å²) in [6, 6.07) is 11.9. The molecule has 2 aromatic carbocycles. The summed E-state index contributed by atoms with van der Waals surface area (Å²) in [6.45, 7) is 0. The lowest BCUT2D eigenvalue weighted by atomic mass is 10.1. The number of fused-ring (bicyclic) bond motifs is 1. The van der Waals surface area contributed by atoms with Crippen molar-refractivity contribution in [3.8, 4) is 11.5 Å². The third-order valence-corrected chi connectivity index (χ3v) is 3.78. The van der Waals surface area contributed by atoms with Gasteiger partial charge in [-0.2, -0.15) is 5.10 Å². The molecule has 0 saturated heterocycles. The fourth-order valence-electron chi connectivity index (χ4n) is 2.54. The van der Waals surface area contributed by atoms with Gasteiger partial charge in [0.1, 0.15) is 11.5 Å². The molecule has 0 fully saturated rings. The molecule has 0 aliphatic carbocycles. The van der Waals surface area contributed by atoms with Gasteiger partial charge in [-0.1, -0.05) is 18.2 Å². The second-order valence-electron chi connectivity index (χ2n) is 5.38. The number of hydrogen-bond acceptors (Lipinski definition) is 5. The van der Waals surface area contributed by atoms with Crippen LogP contribution in [-0.2, 0) is 7.05 Å². The summed E-state index contributed by atoms with van der Waals surface area (Å²) in [5.41, 5.74) is 0.413. The van der Waals surface area contributed by atoms with Crippen molar-refractivity contribution in [2.24, 2.45) is 7.05 Å². The Morgan fingerprint density at radius 1 is 1.04 bits per heavy atom. The van der Waals surface area contributed by atoms with E-state index in [0.29, 0.717) is 28.0 Å². The van der Waals surface area contributed by atoms with Crippen LogP contribution in [0.1, 0.15) is 10.5 Å². The number of amides is 1. The van der Waals surface area contributed by atoms with Crippen LogP contribution in [0.25, 0.3) is 10.8 Å². The van der Waals surface area contributed by atoms with Gasteiger partial charge >= 0.3 is 0 Å². The van der Waals surface area contributed by atoms with Crippen LogP contribution >= 0.6 is 0 Å². The van der Waals surface area contributed by atoms with Gasteiger partial charge in [0.25, 0.3) is 11.5 Å². The third kappa shape index (κ3) is 3.16. The standard InChI is InChI=1S/C18H17N3O4/c1-21-18(23)15-7-5-4-6-14(15)16(20-21)17(22)19-11-8-12(24-2)10-13(9-11)25-3/h4-10H,1-3H3,(H,19,22). The predicted molar refractivity (Wildman–Crippen MR) is 94.5 cm³/mol. The quantitative estimate of drug-likeness (QED) is 0.788. The number of carbonyl (C=O) groups excluding carboxylic acids is 1. The number of aryl methyl sites for hydroxylation is 1. The maximum Gasteiger partial charge on any atom is 0.276 e. The second kappa shape index (κ2) is 6.64. The first-order chi connectivity index (χ1) is 12.0. The number of benzene rings is 2. The molecular weight excluding hydrogens is 322 g/mol. The SMILES string of the molecule is COc1cc(NC(=O)c2nn(C)c(=O)c3ccccc23)cc(OC)c1. The number of aromatic nitrogens is 2. The lowest BCUT2D eigenvalue weighted by molar-refractivity contribution is 0.102. The Kier molecular flexibility index (Phi) is 4.38. The number of rotatable bonds is 4. The highest BCUT2D eigenvalue weighted by Crippen LogP contribution is 2.26. The van der Waals surface area contributed by atoms with Crippen LogP contribution in [0.5, 0.6) is 11.5 Å². The van der Waals surface area contributed by atoms with Crippen LogP contribution < -0.4 is 20.3 Å². The van der Waals surface area contributed by atoms with Gasteiger partial charge in [-0.3, -0.25) is 9.59 Å². The molecule has 3 aromatic rings. The van der Waals surface area contributed by atoms with E-state index in [-0.39, 0.29) is 11.3 Å². The minimum absolute atomic E-state index is 0.166. The molecule has 1 N–H and O–H groups in total. The van der Waals surface area contributed by atoms with Crippen LogP contribution in [-0.4, -0.2) is 29.9 Å². The molecule has 0 bridgehead atoms. The Morgan fingerprint density at radius 3 is 2.24 bits per heavy atom. The van der Waals surface area contributed by atoms with E-state index in [1.54, 1.807) is 42.5 Å². The van der Waals surface area contributed by atoms with E-state index < -0.39 is 5.91 Å². The molecule has 25 heavy (non-hydrogen) atoms. The molecule has 0 spiro atoms. The summed E-state index contributed by atoms with van der Waals surface area (Å²) in [7, 11) is 4.57. The van der Waals surface area contributed by atoms with Crippen molar-refractivity contribution in [1.82, 2.24) is 9.78 Å². The van der Waals surface area contributed by atoms with Crippen molar-refractivity contribution >= 4 is 22.4 Å². The average molecular weight is 339 g/mol. The Hall–Kier alpha value is -3.35. The van der Waals surface area contributed by atoms with Crippen molar-refractivity contribution < 1.29 is 14.3 Å². The average Bonchev–Trinajstić information content (AvgIpc) is 2.64. The van der Waals surface area contributed by atoms with Gasteiger partial charge in [0, 0.05) is 36.3 Å². The zero-order valence-electron chi connectivity index (χ0n) is 14.1. The van der Waals surface area contributed by atoms with Crippen LogP contribution in [0.15, 0.2) is 47.3 Å². The highest BCUT2D eigenvalue weighted by molar-refractivity contribution is 6.11. The lowest BCUT2D eigenvalue weighted by Crippen LogP contribution is -2.25. The highest BCUT2D eigenvalue weighted by Gasteiger charge is 2.16. The maximum atomic E-state index is 12.7. The van der Waals surface area contributed by atoms with Crippen molar-refractivity contribution in [3.63, 3.8) is 0 Å². The minimum atomic E-state index is -0.429. The van der Waals surface area contributed by atoms with E-state index in [2.05, 4.69) is 10.4 Å². The normalized spacial score (nSPS) is 10.5. The minimum Gasteiger partial charge on any atom is -0.497 e. The monoisotopic (exact) mass is 339 g/mol. The van der Waals surface area contributed by atoms with Crippen molar-refractivity contribution in [2.75, 3.05) is 19.5 Å². The van der Waals surface area contributed by atoms with E-state index in [1.807, 2.05) is 0 Å². The largest absolute Gasteiger partial charge is 0.497 e.